The van der Waals surface area contributed by atoms with E-state index in [1.165, 1.54) is 17.0 Å². The second-order valence-corrected chi connectivity index (χ2v) is 9.86. The van der Waals surface area contributed by atoms with Crippen LogP contribution in [0.4, 0.5) is 0 Å². The molecule has 2 aliphatic rings. The summed E-state index contributed by atoms with van der Waals surface area (Å²) in [6.45, 7) is 3.87. The molecule has 1 atom stereocenters. The van der Waals surface area contributed by atoms with Gasteiger partial charge in [-0.1, -0.05) is 42.5 Å². The van der Waals surface area contributed by atoms with E-state index in [2.05, 4.69) is 4.72 Å². The Bertz CT molecular complexity index is 1080. The van der Waals surface area contributed by atoms with E-state index < -0.39 is 26.9 Å². The number of rotatable bonds is 5. The standard InChI is InChI=1S/C22H24N2O4S/c1-16-7-6-10-18(15-16)29(27,28)23-19(25)21(2)13-14-24(21)20(26)22(11-12-22)17-8-4-3-5-9-17/h3-10,15H,11-14H2,1-2H3,(H,23,25). The van der Waals surface area contributed by atoms with Gasteiger partial charge in [0.25, 0.3) is 15.9 Å². The van der Waals surface area contributed by atoms with Gasteiger partial charge >= 0.3 is 0 Å². The maximum atomic E-state index is 13.3. The lowest BCUT2D eigenvalue weighted by Gasteiger charge is -2.50. The fourth-order valence-electron chi connectivity index (χ4n) is 3.96. The maximum Gasteiger partial charge on any atom is 0.264 e. The number of hydrogen-bond donors (Lipinski definition) is 1. The lowest BCUT2D eigenvalue weighted by molar-refractivity contribution is -0.158. The van der Waals surface area contributed by atoms with Crippen LogP contribution in [0.25, 0.3) is 0 Å². The van der Waals surface area contributed by atoms with E-state index in [-0.39, 0.29) is 10.8 Å². The van der Waals surface area contributed by atoms with Crippen molar-refractivity contribution < 1.29 is 18.0 Å². The molecule has 1 unspecified atom stereocenters. The van der Waals surface area contributed by atoms with Gasteiger partial charge in [-0.25, -0.2) is 13.1 Å². The summed E-state index contributed by atoms with van der Waals surface area (Å²) in [5.74, 6) is -0.761. The SMILES string of the molecule is Cc1cccc(S(=O)(=O)NC(=O)C2(C)CCN2C(=O)C2(c3ccccc3)CC2)c1. The molecule has 1 aliphatic heterocycles. The minimum atomic E-state index is -4.00. The highest BCUT2D eigenvalue weighted by atomic mass is 32.2. The van der Waals surface area contributed by atoms with E-state index in [0.29, 0.717) is 13.0 Å². The van der Waals surface area contributed by atoms with Crippen LogP contribution < -0.4 is 4.72 Å². The predicted molar refractivity (Wildman–Crippen MR) is 109 cm³/mol. The van der Waals surface area contributed by atoms with Gasteiger partial charge in [0.2, 0.25) is 5.91 Å². The zero-order chi connectivity index (χ0) is 20.9. The quantitative estimate of drug-likeness (QED) is 0.818. The molecular weight excluding hydrogens is 388 g/mol. The summed E-state index contributed by atoms with van der Waals surface area (Å²) in [7, 11) is -4.00. The third-order valence-electron chi connectivity index (χ3n) is 6.16. The first-order valence-corrected chi connectivity index (χ1v) is 11.2. The van der Waals surface area contributed by atoms with Crippen LogP contribution in [0.5, 0.6) is 0 Å². The fraction of sp³-hybridized carbons (Fsp3) is 0.364. The second kappa shape index (κ2) is 6.69. The van der Waals surface area contributed by atoms with E-state index in [9.17, 15) is 18.0 Å². The minimum Gasteiger partial charge on any atom is -0.327 e. The minimum absolute atomic E-state index is 0.0367. The molecule has 0 aromatic heterocycles. The first-order chi connectivity index (χ1) is 13.7. The first kappa shape index (κ1) is 19.6. The van der Waals surface area contributed by atoms with Crippen molar-refractivity contribution in [3.8, 4) is 0 Å². The van der Waals surface area contributed by atoms with Crippen LogP contribution in [0.15, 0.2) is 59.5 Å². The molecule has 7 heteroatoms. The number of likely N-dealkylation sites (tertiary alicyclic amines) is 1. The van der Waals surface area contributed by atoms with Crippen molar-refractivity contribution in [2.24, 2.45) is 0 Å². The number of nitrogens with zero attached hydrogens (tertiary/aromatic N) is 1. The third-order valence-corrected chi connectivity index (χ3v) is 7.49. The van der Waals surface area contributed by atoms with Gasteiger partial charge in [0, 0.05) is 6.54 Å². The Kier molecular flexibility index (Phi) is 4.53. The lowest BCUT2D eigenvalue weighted by Crippen LogP contribution is -2.69. The highest BCUT2D eigenvalue weighted by molar-refractivity contribution is 7.90. The molecule has 1 saturated carbocycles. The summed E-state index contributed by atoms with van der Waals surface area (Å²) < 4.78 is 27.5. The average molecular weight is 413 g/mol. The zero-order valence-electron chi connectivity index (χ0n) is 16.5. The average Bonchev–Trinajstić information content (AvgIpc) is 3.49. The monoisotopic (exact) mass is 412 g/mol. The van der Waals surface area contributed by atoms with Gasteiger partial charge in [-0.15, -0.1) is 0 Å². The lowest BCUT2D eigenvalue weighted by atomic mass is 9.82. The number of carbonyl (C=O) groups is 2. The van der Waals surface area contributed by atoms with Gasteiger partial charge in [-0.3, -0.25) is 9.59 Å². The van der Waals surface area contributed by atoms with Crippen LogP contribution >= 0.6 is 0 Å². The van der Waals surface area contributed by atoms with Crippen LogP contribution in [0.2, 0.25) is 0 Å². The van der Waals surface area contributed by atoms with Crippen molar-refractivity contribution in [1.82, 2.24) is 9.62 Å². The fourth-order valence-corrected chi connectivity index (χ4v) is 5.14. The Labute approximate surface area is 171 Å². The summed E-state index contributed by atoms with van der Waals surface area (Å²) in [5.41, 5.74) is -0.0191. The van der Waals surface area contributed by atoms with Crippen molar-refractivity contribution in [3.63, 3.8) is 0 Å². The molecule has 0 radical (unpaired) electrons. The van der Waals surface area contributed by atoms with Gasteiger partial charge in [-0.2, -0.15) is 0 Å². The summed E-state index contributed by atoms with van der Waals surface area (Å²) >= 11 is 0. The number of amides is 2. The highest BCUT2D eigenvalue weighted by Gasteiger charge is 2.60. The molecule has 6 nitrogen and oxygen atoms in total. The van der Waals surface area contributed by atoms with Crippen LogP contribution in [-0.2, 0) is 25.0 Å². The number of hydrogen-bond acceptors (Lipinski definition) is 4. The molecular formula is C22H24N2O4S. The van der Waals surface area contributed by atoms with E-state index in [0.717, 1.165) is 24.0 Å². The number of sulfonamides is 1. The summed E-state index contributed by atoms with van der Waals surface area (Å²) in [5, 5.41) is 0. The van der Waals surface area contributed by atoms with Gasteiger partial charge in [-0.05, 0) is 56.4 Å². The molecule has 1 heterocycles. The summed E-state index contributed by atoms with van der Waals surface area (Å²) in [6.07, 6.45) is 1.91. The van der Waals surface area contributed by atoms with Crippen LogP contribution in [0.1, 0.15) is 37.3 Å². The molecule has 0 bridgehead atoms. The predicted octanol–water partition coefficient (Wildman–Crippen LogP) is 2.52. The van der Waals surface area contributed by atoms with E-state index in [1.807, 2.05) is 30.3 Å². The highest BCUT2D eigenvalue weighted by Crippen LogP contribution is 2.51. The molecule has 1 saturated heterocycles. The number of nitrogens with one attached hydrogen (secondary N) is 1. The van der Waals surface area contributed by atoms with Crippen molar-refractivity contribution in [3.05, 3.63) is 65.7 Å². The van der Waals surface area contributed by atoms with Crippen molar-refractivity contribution in [2.45, 2.75) is 49.0 Å². The smallest absolute Gasteiger partial charge is 0.264 e. The summed E-state index contributed by atoms with van der Waals surface area (Å²) in [6, 6.07) is 16.0. The number of carbonyl (C=O) groups excluding carboxylic acids is 2. The Morgan fingerprint density at radius 2 is 1.69 bits per heavy atom. The van der Waals surface area contributed by atoms with Crippen LogP contribution in [-0.4, -0.2) is 37.2 Å². The number of aryl methyl sites for hydroxylation is 1. The Balaban J connectivity index is 1.54. The molecule has 2 fully saturated rings. The van der Waals surface area contributed by atoms with E-state index >= 15 is 0 Å². The molecule has 2 amide bonds. The molecule has 152 valence electrons. The Morgan fingerprint density at radius 1 is 1.00 bits per heavy atom. The molecule has 2 aromatic rings. The normalized spacial score (nSPS) is 22.5. The van der Waals surface area contributed by atoms with Crippen LogP contribution in [0, 0.1) is 6.92 Å². The van der Waals surface area contributed by atoms with Crippen LogP contribution in [0.3, 0.4) is 0 Å². The second-order valence-electron chi connectivity index (χ2n) is 8.18. The van der Waals surface area contributed by atoms with Gasteiger partial charge in [0.05, 0.1) is 10.3 Å². The molecule has 1 aliphatic carbocycles. The van der Waals surface area contributed by atoms with Crippen molar-refractivity contribution in [1.29, 1.82) is 0 Å². The van der Waals surface area contributed by atoms with Crippen molar-refractivity contribution in [2.75, 3.05) is 6.54 Å². The van der Waals surface area contributed by atoms with Gasteiger partial charge < -0.3 is 4.90 Å². The zero-order valence-corrected chi connectivity index (χ0v) is 17.3. The largest absolute Gasteiger partial charge is 0.327 e. The summed E-state index contributed by atoms with van der Waals surface area (Å²) in [4.78, 5) is 27.8. The Hall–Kier alpha value is -2.67. The van der Waals surface area contributed by atoms with Crippen molar-refractivity contribution >= 4 is 21.8 Å². The molecule has 1 N–H and O–H groups in total. The molecule has 2 aromatic carbocycles. The van der Waals surface area contributed by atoms with E-state index in [1.54, 1.807) is 26.0 Å². The van der Waals surface area contributed by atoms with E-state index in [4.69, 9.17) is 0 Å². The molecule has 4 rings (SSSR count). The third kappa shape index (κ3) is 3.23. The first-order valence-electron chi connectivity index (χ1n) is 9.71. The van der Waals surface area contributed by atoms with Gasteiger partial charge in [0.1, 0.15) is 5.54 Å². The number of benzene rings is 2. The topological polar surface area (TPSA) is 83.6 Å². The molecule has 0 spiro atoms. The maximum absolute atomic E-state index is 13.3. The Morgan fingerprint density at radius 3 is 2.24 bits per heavy atom. The van der Waals surface area contributed by atoms with Gasteiger partial charge in [0.15, 0.2) is 0 Å². The molecule has 29 heavy (non-hydrogen) atoms.